The van der Waals surface area contributed by atoms with E-state index in [0.29, 0.717) is 12.5 Å². The van der Waals surface area contributed by atoms with Gasteiger partial charge in [0.2, 0.25) is 10.0 Å². The Kier molecular flexibility index (Phi) is 2.54. The number of hydrogen-bond donors (Lipinski definition) is 0. The van der Waals surface area contributed by atoms with Crippen molar-refractivity contribution in [2.45, 2.75) is 30.9 Å². The van der Waals surface area contributed by atoms with Gasteiger partial charge in [0.1, 0.15) is 0 Å². The first kappa shape index (κ1) is 10.0. The summed E-state index contributed by atoms with van der Waals surface area (Å²) < 4.78 is 25.3. The molecule has 0 bridgehead atoms. The molecule has 2 aliphatic rings. The van der Waals surface area contributed by atoms with E-state index in [1.54, 1.807) is 0 Å². The summed E-state index contributed by atoms with van der Waals surface area (Å²) in [6.07, 6.45) is 9.12. The van der Waals surface area contributed by atoms with Gasteiger partial charge >= 0.3 is 0 Å². The lowest BCUT2D eigenvalue weighted by molar-refractivity contribution is 0.429. The quantitative estimate of drug-likeness (QED) is 0.634. The lowest BCUT2D eigenvalue weighted by Crippen LogP contribution is -2.35. The van der Waals surface area contributed by atoms with Crippen molar-refractivity contribution in [3.05, 3.63) is 0 Å². The molecule has 0 amide bonds. The molecule has 2 rings (SSSR count). The topological polar surface area (TPSA) is 37.4 Å². The van der Waals surface area contributed by atoms with Crippen LogP contribution < -0.4 is 0 Å². The monoisotopic (exact) mass is 213 g/mol. The van der Waals surface area contributed by atoms with Crippen molar-refractivity contribution in [1.29, 1.82) is 0 Å². The molecule has 0 aromatic heterocycles. The maximum Gasteiger partial charge on any atom is 0.217 e. The summed E-state index contributed by atoms with van der Waals surface area (Å²) in [5.74, 6) is 3.00. The van der Waals surface area contributed by atoms with Crippen molar-refractivity contribution in [1.82, 2.24) is 4.31 Å². The molecule has 0 atom stereocenters. The Morgan fingerprint density at radius 2 is 1.93 bits per heavy atom. The summed E-state index contributed by atoms with van der Waals surface area (Å²) in [6, 6.07) is 0. The SMILES string of the molecule is C#CCN(CC1CC1)S(=O)(=O)C1CC1. The predicted octanol–water partition coefficient (Wildman–Crippen LogP) is 0.824. The first-order valence-electron chi connectivity index (χ1n) is 5.07. The molecule has 78 valence electrons. The molecule has 0 unspecified atom stereocenters. The van der Waals surface area contributed by atoms with Crippen LogP contribution >= 0.6 is 0 Å². The molecule has 0 spiro atoms. The predicted molar refractivity (Wildman–Crippen MR) is 55.1 cm³/mol. The summed E-state index contributed by atoms with van der Waals surface area (Å²) >= 11 is 0. The van der Waals surface area contributed by atoms with E-state index in [4.69, 9.17) is 6.42 Å². The fourth-order valence-electron chi connectivity index (χ4n) is 1.53. The average Bonchev–Trinajstić information content (AvgIpc) is 2.99. The Morgan fingerprint density at radius 1 is 1.29 bits per heavy atom. The highest BCUT2D eigenvalue weighted by Crippen LogP contribution is 2.35. The molecule has 0 aliphatic heterocycles. The highest BCUT2D eigenvalue weighted by Gasteiger charge is 2.41. The average molecular weight is 213 g/mol. The summed E-state index contributed by atoms with van der Waals surface area (Å²) in [5, 5.41) is -0.130. The molecule has 2 aliphatic carbocycles. The van der Waals surface area contributed by atoms with Gasteiger partial charge in [-0.05, 0) is 31.6 Å². The van der Waals surface area contributed by atoms with Gasteiger partial charge in [-0.15, -0.1) is 6.42 Å². The van der Waals surface area contributed by atoms with Gasteiger partial charge in [0.25, 0.3) is 0 Å². The number of rotatable bonds is 5. The highest BCUT2D eigenvalue weighted by atomic mass is 32.2. The molecule has 0 aromatic rings. The Hall–Kier alpha value is -0.530. The summed E-state index contributed by atoms with van der Waals surface area (Å²) in [7, 11) is -3.05. The van der Waals surface area contributed by atoms with Crippen molar-refractivity contribution in [2.75, 3.05) is 13.1 Å². The van der Waals surface area contributed by atoms with E-state index in [0.717, 1.165) is 25.7 Å². The van der Waals surface area contributed by atoms with Crippen LogP contribution in [-0.2, 0) is 10.0 Å². The second kappa shape index (κ2) is 3.56. The Bertz CT molecular complexity index is 347. The second-order valence-electron chi connectivity index (χ2n) is 4.18. The van der Waals surface area contributed by atoms with Crippen LogP contribution in [0.25, 0.3) is 0 Å². The van der Waals surface area contributed by atoms with Gasteiger partial charge in [-0.25, -0.2) is 8.42 Å². The van der Waals surface area contributed by atoms with Gasteiger partial charge in [0.05, 0.1) is 11.8 Å². The van der Waals surface area contributed by atoms with Gasteiger partial charge in [-0.1, -0.05) is 5.92 Å². The molecular formula is C10H15NO2S. The van der Waals surface area contributed by atoms with Crippen molar-refractivity contribution in [3.63, 3.8) is 0 Å². The number of hydrogen-bond acceptors (Lipinski definition) is 2. The van der Waals surface area contributed by atoms with Gasteiger partial charge in [0, 0.05) is 6.54 Å². The maximum atomic E-state index is 11.9. The first-order valence-corrected chi connectivity index (χ1v) is 6.57. The van der Waals surface area contributed by atoms with E-state index in [1.807, 2.05) is 0 Å². The molecular weight excluding hydrogens is 198 g/mol. The minimum Gasteiger partial charge on any atom is -0.212 e. The molecule has 0 saturated heterocycles. The van der Waals surface area contributed by atoms with Crippen molar-refractivity contribution in [2.24, 2.45) is 5.92 Å². The van der Waals surface area contributed by atoms with Crippen LogP contribution in [0, 0.1) is 18.3 Å². The minimum absolute atomic E-state index is 0.130. The normalized spacial score (nSPS) is 22.3. The number of sulfonamides is 1. The second-order valence-corrected chi connectivity index (χ2v) is 6.40. The third-order valence-electron chi connectivity index (χ3n) is 2.73. The van der Waals surface area contributed by atoms with E-state index >= 15 is 0 Å². The van der Waals surface area contributed by atoms with Crippen LogP contribution in [0.3, 0.4) is 0 Å². The molecule has 0 aromatic carbocycles. The molecule has 2 saturated carbocycles. The lowest BCUT2D eigenvalue weighted by Gasteiger charge is -2.19. The lowest BCUT2D eigenvalue weighted by atomic mass is 10.4. The zero-order valence-electron chi connectivity index (χ0n) is 8.15. The molecule has 2 fully saturated rings. The highest BCUT2D eigenvalue weighted by molar-refractivity contribution is 7.90. The molecule has 4 heteroatoms. The minimum atomic E-state index is -3.05. The van der Waals surface area contributed by atoms with Crippen LogP contribution in [0.1, 0.15) is 25.7 Å². The molecule has 0 N–H and O–H groups in total. The Labute approximate surface area is 85.5 Å². The zero-order valence-corrected chi connectivity index (χ0v) is 8.96. The third-order valence-corrected chi connectivity index (χ3v) is 5.04. The molecule has 0 radical (unpaired) electrons. The van der Waals surface area contributed by atoms with E-state index in [-0.39, 0.29) is 11.8 Å². The van der Waals surface area contributed by atoms with Crippen LogP contribution in [0.15, 0.2) is 0 Å². The maximum absolute atomic E-state index is 11.9. The Balaban J connectivity index is 2.04. The molecule has 3 nitrogen and oxygen atoms in total. The van der Waals surface area contributed by atoms with E-state index in [9.17, 15) is 8.42 Å². The van der Waals surface area contributed by atoms with Crippen LogP contribution in [0.4, 0.5) is 0 Å². The standard InChI is InChI=1S/C10H15NO2S/c1-2-7-11(8-9-3-4-9)14(12,13)10-5-6-10/h1,9-10H,3-8H2. The zero-order chi connectivity index (χ0) is 10.2. The molecule has 0 heterocycles. The smallest absolute Gasteiger partial charge is 0.212 e. The van der Waals surface area contributed by atoms with Gasteiger partial charge < -0.3 is 0 Å². The summed E-state index contributed by atoms with van der Waals surface area (Å²) in [5.41, 5.74) is 0. The van der Waals surface area contributed by atoms with Crippen molar-refractivity contribution in [3.8, 4) is 12.3 Å². The Morgan fingerprint density at radius 3 is 2.36 bits per heavy atom. The summed E-state index contributed by atoms with van der Waals surface area (Å²) in [4.78, 5) is 0. The van der Waals surface area contributed by atoms with Crippen LogP contribution in [0.2, 0.25) is 0 Å². The largest absolute Gasteiger partial charge is 0.217 e. The first-order chi connectivity index (χ1) is 6.64. The van der Waals surface area contributed by atoms with Gasteiger partial charge in [0.15, 0.2) is 0 Å². The van der Waals surface area contributed by atoms with E-state index in [2.05, 4.69) is 5.92 Å². The fraction of sp³-hybridized carbons (Fsp3) is 0.800. The molecule has 14 heavy (non-hydrogen) atoms. The van der Waals surface area contributed by atoms with Crippen LogP contribution in [-0.4, -0.2) is 31.1 Å². The number of terminal acetylenes is 1. The summed E-state index contributed by atoms with van der Waals surface area (Å²) in [6.45, 7) is 0.887. The van der Waals surface area contributed by atoms with Crippen molar-refractivity contribution >= 4 is 10.0 Å². The van der Waals surface area contributed by atoms with Crippen molar-refractivity contribution < 1.29 is 8.42 Å². The van der Waals surface area contributed by atoms with Crippen LogP contribution in [0.5, 0.6) is 0 Å². The number of nitrogens with zero attached hydrogens (tertiary/aromatic N) is 1. The van der Waals surface area contributed by atoms with Gasteiger partial charge in [-0.2, -0.15) is 4.31 Å². The fourth-order valence-corrected chi connectivity index (χ4v) is 3.35. The van der Waals surface area contributed by atoms with Gasteiger partial charge in [-0.3, -0.25) is 0 Å². The third kappa shape index (κ3) is 2.10. The van der Waals surface area contributed by atoms with E-state index in [1.165, 1.54) is 4.31 Å². The van der Waals surface area contributed by atoms with E-state index < -0.39 is 10.0 Å².